The van der Waals surface area contributed by atoms with E-state index in [0.29, 0.717) is 23.4 Å². The molecule has 0 saturated carbocycles. The first-order valence-electron chi connectivity index (χ1n) is 8.75. The van der Waals surface area contributed by atoms with Crippen molar-refractivity contribution in [1.82, 2.24) is 0 Å². The van der Waals surface area contributed by atoms with Crippen LogP contribution in [0.3, 0.4) is 0 Å². The fourth-order valence-electron chi connectivity index (χ4n) is 3.23. The minimum absolute atomic E-state index is 0.0453. The molecule has 2 heterocycles. The van der Waals surface area contributed by atoms with Gasteiger partial charge in [-0.05, 0) is 50.1 Å². The quantitative estimate of drug-likeness (QED) is 0.650. The van der Waals surface area contributed by atoms with Crippen LogP contribution in [0.2, 0.25) is 0 Å². The Labute approximate surface area is 167 Å². The zero-order valence-electron chi connectivity index (χ0n) is 15.3. The number of thiophene rings is 1. The SMILES string of the molecule is Cc1sc(C(N)=O)cc1S(=O)(=O)Nc1ccc(N2CCC(C(N)=O)CC2)cc1. The molecule has 0 bridgehead atoms. The zero-order chi connectivity index (χ0) is 20.5. The first-order chi connectivity index (χ1) is 13.2. The summed E-state index contributed by atoms with van der Waals surface area (Å²) >= 11 is 1.05. The number of nitrogens with two attached hydrogens (primary N) is 2. The molecule has 150 valence electrons. The lowest BCUT2D eigenvalue weighted by Crippen LogP contribution is -2.38. The summed E-state index contributed by atoms with van der Waals surface area (Å²) in [5.74, 6) is -0.992. The van der Waals surface area contributed by atoms with Crippen molar-refractivity contribution >= 4 is 44.5 Å². The van der Waals surface area contributed by atoms with E-state index in [9.17, 15) is 18.0 Å². The van der Waals surface area contributed by atoms with Gasteiger partial charge in [-0.25, -0.2) is 8.42 Å². The van der Waals surface area contributed by atoms with Gasteiger partial charge in [0.2, 0.25) is 5.91 Å². The average molecular weight is 423 g/mol. The monoisotopic (exact) mass is 422 g/mol. The summed E-state index contributed by atoms with van der Waals surface area (Å²) in [6.07, 6.45) is 1.42. The molecular weight excluding hydrogens is 400 g/mol. The predicted octanol–water partition coefficient (Wildman–Crippen LogP) is 1.66. The van der Waals surface area contributed by atoms with Gasteiger partial charge in [-0.15, -0.1) is 11.3 Å². The van der Waals surface area contributed by atoms with Crippen molar-refractivity contribution in [3.8, 4) is 0 Å². The Bertz CT molecular complexity index is 991. The number of nitrogens with zero attached hydrogens (tertiary/aromatic N) is 1. The van der Waals surface area contributed by atoms with Crippen molar-refractivity contribution in [2.24, 2.45) is 17.4 Å². The number of primary amides is 2. The first-order valence-corrected chi connectivity index (χ1v) is 11.0. The maximum Gasteiger partial charge on any atom is 0.263 e. The highest BCUT2D eigenvalue weighted by Gasteiger charge is 2.24. The van der Waals surface area contributed by atoms with E-state index in [4.69, 9.17) is 11.5 Å². The van der Waals surface area contributed by atoms with Crippen molar-refractivity contribution < 1.29 is 18.0 Å². The molecule has 28 heavy (non-hydrogen) atoms. The molecule has 1 saturated heterocycles. The molecule has 8 nitrogen and oxygen atoms in total. The van der Waals surface area contributed by atoms with Crippen LogP contribution in [0, 0.1) is 12.8 Å². The Hall–Kier alpha value is -2.59. The maximum absolute atomic E-state index is 12.6. The van der Waals surface area contributed by atoms with Crippen LogP contribution < -0.4 is 21.1 Å². The standard InChI is InChI=1S/C18H22N4O4S2/c1-11-16(10-15(27-11)18(20)24)28(25,26)21-13-2-4-14(5-3-13)22-8-6-12(7-9-22)17(19)23/h2-5,10,12,21H,6-9H2,1H3,(H2,19,23)(H2,20,24). The second-order valence-electron chi connectivity index (χ2n) is 6.71. The molecule has 0 radical (unpaired) electrons. The molecule has 0 atom stereocenters. The maximum atomic E-state index is 12.6. The van der Waals surface area contributed by atoms with Gasteiger partial charge in [-0.1, -0.05) is 0 Å². The lowest BCUT2D eigenvalue weighted by Gasteiger charge is -2.32. The lowest BCUT2D eigenvalue weighted by atomic mass is 9.96. The molecule has 0 aliphatic carbocycles. The van der Waals surface area contributed by atoms with E-state index in [1.54, 1.807) is 19.1 Å². The molecule has 2 aromatic rings. The van der Waals surface area contributed by atoms with Gasteiger partial charge in [0.05, 0.1) is 4.88 Å². The molecule has 2 amide bonds. The minimum atomic E-state index is -3.82. The van der Waals surface area contributed by atoms with E-state index in [1.165, 1.54) is 6.07 Å². The van der Waals surface area contributed by atoms with Crippen LogP contribution in [0.5, 0.6) is 0 Å². The number of carbonyl (C=O) groups excluding carboxylic acids is 2. The number of amides is 2. The van der Waals surface area contributed by atoms with Crippen molar-refractivity contribution in [3.63, 3.8) is 0 Å². The van der Waals surface area contributed by atoms with Gasteiger partial charge < -0.3 is 16.4 Å². The normalized spacial score (nSPS) is 15.4. The van der Waals surface area contributed by atoms with Crippen LogP contribution in [0.4, 0.5) is 11.4 Å². The molecular formula is C18H22N4O4S2. The number of nitrogens with one attached hydrogen (secondary N) is 1. The molecule has 1 fully saturated rings. The third kappa shape index (κ3) is 4.28. The third-order valence-corrected chi connectivity index (χ3v) is 7.49. The zero-order valence-corrected chi connectivity index (χ0v) is 17.0. The highest BCUT2D eigenvalue weighted by Crippen LogP contribution is 2.29. The van der Waals surface area contributed by atoms with Crippen LogP contribution in [-0.4, -0.2) is 33.3 Å². The number of sulfonamides is 1. The molecule has 1 aliphatic heterocycles. The Morgan fingerprint density at radius 1 is 1.14 bits per heavy atom. The van der Waals surface area contributed by atoms with Crippen molar-refractivity contribution in [3.05, 3.63) is 40.1 Å². The van der Waals surface area contributed by atoms with Crippen LogP contribution in [0.1, 0.15) is 27.4 Å². The van der Waals surface area contributed by atoms with Crippen LogP contribution in [0.15, 0.2) is 35.2 Å². The highest BCUT2D eigenvalue weighted by atomic mass is 32.2. The van der Waals surface area contributed by atoms with E-state index >= 15 is 0 Å². The number of rotatable bonds is 6. The van der Waals surface area contributed by atoms with Crippen LogP contribution in [0.25, 0.3) is 0 Å². The molecule has 0 spiro atoms. The van der Waals surface area contributed by atoms with Gasteiger partial charge in [0, 0.05) is 35.3 Å². The number of aryl methyl sites for hydroxylation is 1. The summed E-state index contributed by atoms with van der Waals surface area (Å²) in [4.78, 5) is 25.4. The van der Waals surface area contributed by atoms with Crippen LogP contribution in [-0.2, 0) is 14.8 Å². The van der Waals surface area contributed by atoms with Crippen molar-refractivity contribution in [2.45, 2.75) is 24.7 Å². The molecule has 1 aliphatic rings. The first kappa shape index (κ1) is 20.2. The molecule has 3 rings (SSSR count). The summed E-state index contributed by atoms with van der Waals surface area (Å²) < 4.78 is 27.8. The smallest absolute Gasteiger partial charge is 0.263 e. The average Bonchev–Trinajstić information content (AvgIpc) is 3.05. The van der Waals surface area contributed by atoms with Gasteiger partial charge in [-0.2, -0.15) is 0 Å². The van der Waals surface area contributed by atoms with E-state index in [0.717, 1.165) is 30.1 Å². The number of hydrogen-bond donors (Lipinski definition) is 3. The summed E-state index contributed by atoms with van der Waals surface area (Å²) in [6.45, 7) is 3.08. The molecule has 1 aromatic heterocycles. The fourth-order valence-corrected chi connectivity index (χ4v) is 5.73. The number of carbonyl (C=O) groups is 2. The summed E-state index contributed by atoms with van der Waals surface area (Å²) in [5.41, 5.74) is 12.0. The largest absolute Gasteiger partial charge is 0.371 e. The van der Waals surface area contributed by atoms with Gasteiger partial charge in [0.15, 0.2) is 0 Å². The number of benzene rings is 1. The van der Waals surface area contributed by atoms with E-state index in [1.807, 2.05) is 12.1 Å². The second-order valence-corrected chi connectivity index (χ2v) is 9.62. The van der Waals surface area contributed by atoms with Gasteiger partial charge in [0.25, 0.3) is 15.9 Å². The van der Waals surface area contributed by atoms with Crippen LogP contribution >= 0.6 is 11.3 Å². The molecule has 10 heteroatoms. The highest BCUT2D eigenvalue weighted by molar-refractivity contribution is 7.93. The van der Waals surface area contributed by atoms with Crippen molar-refractivity contribution in [2.75, 3.05) is 22.7 Å². The topological polar surface area (TPSA) is 136 Å². The van der Waals surface area contributed by atoms with Gasteiger partial charge in [0.1, 0.15) is 4.90 Å². The Kier molecular flexibility index (Phi) is 5.61. The number of piperidine rings is 1. The molecule has 5 N–H and O–H groups in total. The summed E-state index contributed by atoms with van der Waals surface area (Å²) in [6, 6.07) is 8.32. The number of anilines is 2. The summed E-state index contributed by atoms with van der Waals surface area (Å²) in [5, 5.41) is 0. The minimum Gasteiger partial charge on any atom is -0.371 e. The van der Waals surface area contributed by atoms with E-state index in [2.05, 4.69) is 9.62 Å². The Morgan fingerprint density at radius 2 is 1.75 bits per heavy atom. The summed E-state index contributed by atoms with van der Waals surface area (Å²) in [7, 11) is -3.82. The Morgan fingerprint density at radius 3 is 2.25 bits per heavy atom. The van der Waals surface area contributed by atoms with Crippen molar-refractivity contribution in [1.29, 1.82) is 0 Å². The third-order valence-electron chi connectivity index (χ3n) is 4.79. The Balaban J connectivity index is 1.70. The van der Waals surface area contributed by atoms with E-state index in [-0.39, 0.29) is 21.6 Å². The lowest BCUT2D eigenvalue weighted by molar-refractivity contribution is -0.122. The van der Waals surface area contributed by atoms with Gasteiger partial charge >= 0.3 is 0 Å². The fraction of sp³-hybridized carbons (Fsp3) is 0.333. The van der Waals surface area contributed by atoms with Gasteiger partial charge in [-0.3, -0.25) is 14.3 Å². The second kappa shape index (κ2) is 7.80. The number of hydrogen-bond acceptors (Lipinski definition) is 6. The molecule has 0 unspecified atom stereocenters. The van der Waals surface area contributed by atoms with E-state index < -0.39 is 15.9 Å². The molecule has 1 aromatic carbocycles. The predicted molar refractivity (Wildman–Crippen MR) is 109 cm³/mol.